The van der Waals surface area contributed by atoms with E-state index in [4.69, 9.17) is 4.74 Å². The quantitative estimate of drug-likeness (QED) is 0.307. The second-order valence-electron chi connectivity index (χ2n) is 18.1. The Kier molecular flexibility index (Phi) is 42.4. The van der Waals surface area contributed by atoms with Gasteiger partial charge in [0.25, 0.3) is 0 Å². The van der Waals surface area contributed by atoms with E-state index in [2.05, 4.69) is 122 Å². The van der Waals surface area contributed by atoms with Crippen molar-refractivity contribution in [2.45, 2.75) is 108 Å². The van der Waals surface area contributed by atoms with Gasteiger partial charge in [-0.15, -0.1) is 0 Å². The second-order valence-corrected chi connectivity index (χ2v) is 18.1. The average molecular weight is 816 g/mol. The number of nitrogens with one attached hydrogen (secondary N) is 1. The molecule has 7 saturated heterocycles. The molecule has 2 unspecified atom stereocenters. The van der Waals surface area contributed by atoms with Gasteiger partial charge >= 0.3 is 0 Å². The van der Waals surface area contributed by atoms with Crippen LogP contribution in [0.1, 0.15) is 108 Å². The number of likely N-dealkylation sites (N-methyl/N-ethyl adjacent to an activating group) is 5. The number of nitrogens with zero attached hydrogens (tertiary/aromatic N) is 8. The number of hydrogen-bond donors (Lipinski definition) is 1. The maximum absolute atomic E-state index is 5.10. The monoisotopic (exact) mass is 816 g/mol. The van der Waals surface area contributed by atoms with Crippen molar-refractivity contribution in [3.05, 3.63) is 0 Å². The number of rotatable bonds is 1. The zero-order valence-corrected chi connectivity index (χ0v) is 38.4. The van der Waals surface area contributed by atoms with Crippen LogP contribution in [0.4, 0.5) is 0 Å². The predicted molar refractivity (Wildman–Crippen MR) is 258 cm³/mol. The fourth-order valence-corrected chi connectivity index (χ4v) is 7.37. The minimum absolute atomic E-state index is 0. The SMILES string of the molecule is C.C.C.CC1CCCN(C)C1.CC1CCCNC1.CC1CCN(C)CC1.CCN1CCN(C)CC1.CN1CCCCC1.CN1CCN(C)CC1.CN1CCOCC1. The molecule has 1 N–H and O–H groups in total. The molecule has 57 heavy (non-hydrogen) atoms. The Morgan fingerprint density at radius 1 is 0.421 bits per heavy atom. The van der Waals surface area contributed by atoms with Gasteiger partial charge in [0.15, 0.2) is 0 Å². The number of likely N-dealkylation sites (tertiary alicyclic amines) is 3. The lowest BCUT2D eigenvalue weighted by Crippen LogP contribution is -2.44. The molecule has 2 atom stereocenters. The van der Waals surface area contributed by atoms with Crippen molar-refractivity contribution >= 4 is 0 Å². The molecule has 7 rings (SSSR count). The van der Waals surface area contributed by atoms with E-state index >= 15 is 0 Å². The van der Waals surface area contributed by atoms with E-state index in [-0.39, 0.29) is 22.3 Å². The van der Waals surface area contributed by atoms with E-state index < -0.39 is 0 Å². The third-order valence-corrected chi connectivity index (χ3v) is 12.0. The molecule has 0 aliphatic carbocycles. The van der Waals surface area contributed by atoms with Crippen LogP contribution in [0, 0.1) is 17.8 Å². The minimum Gasteiger partial charge on any atom is -0.379 e. The maximum Gasteiger partial charge on any atom is 0.0594 e. The van der Waals surface area contributed by atoms with E-state index in [1.807, 2.05) is 0 Å². The van der Waals surface area contributed by atoms with Crippen LogP contribution in [0.15, 0.2) is 0 Å². The number of piperidine rings is 4. The Bertz CT molecular complexity index is 698. The summed E-state index contributed by atoms with van der Waals surface area (Å²) >= 11 is 0. The van der Waals surface area contributed by atoms with Crippen molar-refractivity contribution < 1.29 is 4.74 Å². The molecule has 7 heterocycles. The normalized spacial score (nSPS) is 26.2. The van der Waals surface area contributed by atoms with Crippen molar-refractivity contribution in [2.24, 2.45) is 17.8 Å². The van der Waals surface area contributed by atoms with Gasteiger partial charge in [0.05, 0.1) is 13.2 Å². The van der Waals surface area contributed by atoms with Gasteiger partial charge in [-0.25, -0.2) is 0 Å². The zero-order chi connectivity index (χ0) is 40.0. The molecule has 348 valence electrons. The lowest BCUT2D eigenvalue weighted by molar-refractivity contribution is 0.0503. The van der Waals surface area contributed by atoms with Crippen LogP contribution < -0.4 is 5.32 Å². The molecule has 7 aliphatic heterocycles. The molecule has 0 radical (unpaired) electrons. The highest BCUT2D eigenvalue weighted by Crippen LogP contribution is 2.14. The van der Waals surface area contributed by atoms with Gasteiger partial charge in [0.2, 0.25) is 0 Å². The minimum atomic E-state index is 0. The number of piperazine rings is 2. The van der Waals surface area contributed by atoms with E-state index in [9.17, 15) is 0 Å². The van der Waals surface area contributed by atoms with Crippen molar-refractivity contribution in [1.29, 1.82) is 0 Å². The molecule has 7 aliphatic rings. The van der Waals surface area contributed by atoms with E-state index in [0.29, 0.717) is 0 Å². The number of morpholine rings is 1. The van der Waals surface area contributed by atoms with Crippen molar-refractivity contribution in [2.75, 3.05) is 187 Å². The molecule has 0 amide bonds. The zero-order valence-electron chi connectivity index (χ0n) is 38.4. The van der Waals surface area contributed by atoms with Gasteiger partial charge in [-0.2, -0.15) is 0 Å². The molecular weight excluding hydrogens is 707 g/mol. The van der Waals surface area contributed by atoms with Gasteiger partial charge in [0.1, 0.15) is 0 Å². The standard InChI is InChI=1S/C7H16N2.2C7H15N.C6H14N2.2C6H13N.C5H11NO.3CH4/c1-3-9-6-4-8(2)5-7-9;1-7-3-5-8(2)6-4-7;1-7-4-3-5-8(2)6-7;1-7-3-5-8(2)6-4-7;1-6-3-2-4-7-5-6;1-7-5-3-2-4-6-7;1-6-2-4-7-5-3-6;;;/h3-7H2,1-2H3;2*7H,3-6H2,1-2H3;3-6H2,1-2H3;6-7H,2-5H2,1H3;2-6H2,1H3;2-5H2,1H3;3*1H4. The number of hydrogen-bond acceptors (Lipinski definition) is 10. The van der Waals surface area contributed by atoms with Crippen LogP contribution in [0.5, 0.6) is 0 Å². The van der Waals surface area contributed by atoms with E-state index in [1.165, 1.54) is 169 Å². The Hall–Kier alpha value is -0.400. The van der Waals surface area contributed by atoms with Gasteiger partial charge in [-0.1, -0.05) is 56.4 Å². The third-order valence-electron chi connectivity index (χ3n) is 12.0. The second kappa shape index (κ2) is 39.7. The summed E-state index contributed by atoms with van der Waals surface area (Å²) < 4.78 is 5.10. The highest BCUT2D eigenvalue weighted by atomic mass is 16.5. The Balaban J connectivity index is -0.000000593. The summed E-state index contributed by atoms with van der Waals surface area (Å²) in [6, 6.07) is 0. The lowest BCUT2D eigenvalue weighted by atomic mass is 10.00. The van der Waals surface area contributed by atoms with E-state index in [1.54, 1.807) is 0 Å². The summed E-state index contributed by atoms with van der Waals surface area (Å²) in [5, 5.41) is 3.33. The van der Waals surface area contributed by atoms with Crippen LogP contribution in [-0.2, 0) is 4.74 Å². The first-order chi connectivity index (χ1) is 25.9. The average Bonchev–Trinajstić information content (AvgIpc) is 3.17. The lowest BCUT2D eigenvalue weighted by Gasteiger charge is -2.31. The van der Waals surface area contributed by atoms with Gasteiger partial charge in [-0.05, 0) is 171 Å². The summed E-state index contributed by atoms with van der Waals surface area (Å²) in [6.07, 6.45) is 12.7. The predicted octanol–water partition coefficient (Wildman–Crippen LogP) is 6.78. The van der Waals surface area contributed by atoms with Crippen LogP contribution in [0.2, 0.25) is 0 Å². The van der Waals surface area contributed by atoms with Gasteiger partial charge in [-0.3, -0.25) is 0 Å². The first-order valence-corrected chi connectivity index (χ1v) is 22.7. The van der Waals surface area contributed by atoms with Crippen LogP contribution in [-0.4, -0.2) is 226 Å². The molecule has 0 saturated carbocycles. The number of ether oxygens (including phenoxy) is 1. The van der Waals surface area contributed by atoms with Crippen molar-refractivity contribution in [3.8, 4) is 0 Å². The molecule has 0 bridgehead atoms. The third kappa shape index (κ3) is 37.1. The fourth-order valence-electron chi connectivity index (χ4n) is 7.37. The maximum atomic E-state index is 5.10. The van der Waals surface area contributed by atoms with Crippen LogP contribution in [0.25, 0.3) is 0 Å². The van der Waals surface area contributed by atoms with E-state index in [0.717, 1.165) is 44.1 Å². The molecule has 10 heteroatoms. The molecule has 0 aromatic carbocycles. The summed E-state index contributed by atoms with van der Waals surface area (Å²) in [5.41, 5.74) is 0. The fraction of sp³-hybridized carbons (Fsp3) is 1.00. The topological polar surface area (TPSA) is 47.2 Å². The van der Waals surface area contributed by atoms with Crippen LogP contribution in [0.3, 0.4) is 0 Å². The molecule has 10 nitrogen and oxygen atoms in total. The molecular formula is C47H109N9O. The van der Waals surface area contributed by atoms with Crippen molar-refractivity contribution in [1.82, 2.24) is 44.5 Å². The highest BCUT2D eigenvalue weighted by Gasteiger charge is 2.13. The summed E-state index contributed by atoms with van der Waals surface area (Å²) in [5.74, 6) is 2.84. The Morgan fingerprint density at radius 3 is 1.14 bits per heavy atom. The Morgan fingerprint density at radius 2 is 0.842 bits per heavy atom. The van der Waals surface area contributed by atoms with Gasteiger partial charge in [0, 0.05) is 72.0 Å². The summed E-state index contributed by atoms with van der Waals surface area (Å²) in [4.78, 5) is 19.1. The highest BCUT2D eigenvalue weighted by molar-refractivity contribution is 4.68. The van der Waals surface area contributed by atoms with Crippen molar-refractivity contribution in [3.63, 3.8) is 0 Å². The molecule has 7 fully saturated rings. The first-order valence-electron chi connectivity index (χ1n) is 22.7. The molecule has 0 spiro atoms. The largest absolute Gasteiger partial charge is 0.379 e. The molecule has 0 aromatic heterocycles. The van der Waals surface area contributed by atoms with Crippen LogP contribution >= 0.6 is 0 Å². The summed E-state index contributed by atoms with van der Waals surface area (Å²) in [6.45, 7) is 34.7. The smallest absolute Gasteiger partial charge is 0.0594 e. The summed E-state index contributed by atoms with van der Waals surface area (Å²) in [7, 11) is 15.2. The molecule has 0 aromatic rings. The Labute approximate surface area is 360 Å². The first kappa shape index (κ1) is 60.9. The van der Waals surface area contributed by atoms with Gasteiger partial charge < -0.3 is 49.3 Å².